The van der Waals surface area contributed by atoms with Crippen molar-refractivity contribution in [1.82, 2.24) is 9.21 Å². The molecule has 2 aliphatic heterocycles. The van der Waals surface area contributed by atoms with Gasteiger partial charge in [0.15, 0.2) is 18.0 Å². The molecule has 2 heterocycles. The van der Waals surface area contributed by atoms with E-state index in [0.717, 1.165) is 15.4 Å². The molecule has 2 aromatic carbocycles. The van der Waals surface area contributed by atoms with E-state index in [-0.39, 0.29) is 29.4 Å². The maximum absolute atomic E-state index is 13.7. The Bertz CT molecular complexity index is 1350. The molecule has 2 unspecified atom stereocenters. The van der Waals surface area contributed by atoms with Gasteiger partial charge in [0.2, 0.25) is 0 Å². The molecule has 11 heteroatoms. The third-order valence-corrected chi connectivity index (χ3v) is 7.85. The predicted molar refractivity (Wildman–Crippen MR) is 129 cm³/mol. The molecule has 0 saturated carbocycles. The summed E-state index contributed by atoms with van der Waals surface area (Å²) < 4.78 is 33.2. The van der Waals surface area contributed by atoms with E-state index in [0.29, 0.717) is 10.6 Å². The number of nitrogens with one attached hydrogen (secondary N) is 1. The van der Waals surface area contributed by atoms with E-state index in [4.69, 9.17) is 4.74 Å². The third-order valence-electron chi connectivity index (χ3n) is 5.94. The van der Waals surface area contributed by atoms with E-state index >= 15 is 0 Å². The molecule has 2 aliphatic rings. The Morgan fingerprint density at radius 3 is 2.49 bits per heavy atom. The van der Waals surface area contributed by atoms with Crippen molar-refractivity contribution in [2.24, 2.45) is 4.99 Å². The number of cyclic esters (lactones) is 1. The van der Waals surface area contributed by atoms with Crippen molar-refractivity contribution in [1.29, 1.82) is 0 Å². The smallest absolute Gasteiger partial charge is 0.418 e. The number of carbonyl (C=O) groups excluding carboxylic acids is 3. The van der Waals surface area contributed by atoms with Crippen LogP contribution in [0.3, 0.4) is 0 Å². The Balaban J connectivity index is 1.89. The molecule has 0 spiro atoms. The summed E-state index contributed by atoms with van der Waals surface area (Å²) >= 11 is 0. The standard InChI is InChI=1S/C24H26N4O6S/c1-5-18-23(30)28(24(31)34-18)20(22(29)26-16-10-8-7-9-15(16)4)21-25-17-12-11-14(3)13-19(17)35(32,33)27(21)6-2/h7-13,18,20H,5-6H2,1-4H3,(H,26,29). The number of amides is 3. The fourth-order valence-electron chi connectivity index (χ4n) is 4.10. The number of sulfonamides is 1. The zero-order valence-corrected chi connectivity index (χ0v) is 20.6. The minimum atomic E-state index is -4.12. The largest absolute Gasteiger partial charge is 0.436 e. The number of carbonyl (C=O) groups is 3. The van der Waals surface area contributed by atoms with E-state index in [9.17, 15) is 22.8 Å². The average molecular weight is 499 g/mol. The monoisotopic (exact) mass is 498 g/mol. The minimum absolute atomic E-state index is 0.0112. The number of anilines is 1. The molecule has 0 bridgehead atoms. The van der Waals surface area contributed by atoms with Gasteiger partial charge in [0.05, 0.1) is 5.69 Å². The lowest BCUT2D eigenvalue weighted by Crippen LogP contribution is -2.58. The van der Waals surface area contributed by atoms with Crippen LogP contribution in [0.1, 0.15) is 31.4 Å². The highest BCUT2D eigenvalue weighted by Crippen LogP contribution is 2.35. The molecular weight excluding hydrogens is 472 g/mol. The number of hydrogen-bond donors (Lipinski definition) is 1. The summed E-state index contributed by atoms with van der Waals surface area (Å²) in [5, 5.41) is 2.72. The summed E-state index contributed by atoms with van der Waals surface area (Å²) in [7, 11) is -4.12. The summed E-state index contributed by atoms with van der Waals surface area (Å²) in [5.74, 6) is -1.77. The molecule has 0 aromatic heterocycles. The molecule has 2 aromatic rings. The maximum atomic E-state index is 13.7. The highest BCUT2D eigenvalue weighted by atomic mass is 32.2. The SMILES string of the molecule is CCC1OC(=O)N(C(C(=O)Nc2ccccc2C)C2=Nc3ccc(C)cc3S(=O)(=O)N2CC)C1=O. The van der Waals surface area contributed by atoms with Crippen LogP contribution in [-0.4, -0.2) is 60.1 Å². The van der Waals surface area contributed by atoms with Crippen molar-refractivity contribution in [3.63, 3.8) is 0 Å². The quantitative estimate of drug-likeness (QED) is 0.652. The van der Waals surface area contributed by atoms with Gasteiger partial charge in [-0.2, -0.15) is 0 Å². The molecule has 0 radical (unpaired) electrons. The number of likely N-dealkylation sites (N-methyl/N-ethyl adjacent to an activating group) is 1. The number of fused-ring (bicyclic) bond motifs is 1. The van der Waals surface area contributed by atoms with Crippen LogP contribution in [0.4, 0.5) is 16.2 Å². The molecule has 10 nitrogen and oxygen atoms in total. The number of para-hydroxylation sites is 1. The summed E-state index contributed by atoms with van der Waals surface area (Å²) in [6.07, 6.45) is -1.89. The lowest BCUT2D eigenvalue weighted by Gasteiger charge is -2.34. The molecule has 4 rings (SSSR count). The fourth-order valence-corrected chi connectivity index (χ4v) is 5.78. The van der Waals surface area contributed by atoms with Crippen LogP contribution < -0.4 is 5.32 Å². The Morgan fingerprint density at radius 1 is 1.14 bits per heavy atom. The number of amidine groups is 1. The zero-order valence-electron chi connectivity index (χ0n) is 19.8. The highest BCUT2D eigenvalue weighted by Gasteiger charge is 2.51. The zero-order chi connectivity index (χ0) is 25.5. The molecule has 1 N–H and O–H groups in total. The van der Waals surface area contributed by atoms with Gasteiger partial charge in [-0.05, 0) is 56.5 Å². The van der Waals surface area contributed by atoms with E-state index in [1.54, 1.807) is 58.0 Å². The summed E-state index contributed by atoms with van der Waals surface area (Å²) in [6, 6.07) is 10.0. The molecule has 3 amide bonds. The maximum Gasteiger partial charge on any atom is 0.418 e. The summed E-state index contributed by atoms with van der Waals surface area (Å²) in [6.45, 7) is 6.72. The normalized spacial score (nSPS) is 19.7. The second-order valence-corrected chi connectivity index (χ2v) is 10.1. The van der Waals surface area contributed by atoms with Crippen LogP contribution in [0.25, 0.3) is 0 Å². The van der Waals surface area contributed by atoms with Crippen LogP contribution in [0.15, 0.2) is 52.4 Å². The summed E-state index contributed by atoms with van der Waals surface area (Å²) in [4.78, 5) is 44.7. The number of aliphatic imine (C=N–C) groups is 1. The van der Waals surface area contributed by atoms with Crippen molar-refractivity contribution >= 4 is 45.1 Å². The van der Waals surface area contributed by atoms with Gasteiger partial charge in [0.25, 0.3) is 21.8 Å². The molecule has 184 valence electrons. The van der Waals surface area contributed by atoms with Crippen molar-refractivity contribution in [3.8, 4) is 0 Å². The molecule has 1 saturated heterocycles. The second-order valence-electron chi connectivity index (χ2n) is 8.31. The molecule has 1 fully saturated rings. The molecule has 0 aliphatic carbocycles. The van der Waals surface area contributed by atoms with E-state index < -0.39 is 40.1 Å². The van der Waals surface area contributed by atoms with Gasteiger partial charge in [-0.3, -0.25) is 13.9 Å². The Labute approximate surface area is 203 Å². The molecule has 35 heavy (non-hydrogen) atoms. The average Bonchev–Trinajstić information content (AvgIpc) is 3.09. The van der Waals surface area contributed by atoms with Crippen molar-refractivity contribution in [3.05, 3.63) is 53.6 Å². The van der Waals surface area contributed by atoms with Crippen LogP contribution in [0.2, 0.25) is 0 Å². The van der Waals surface area contributed by atoms with Crippen LogP contribution in [0, 0.1) is 13.8 Å². The number of nitrogens with zero attached hydrogens (tertiary/aromatic N) is 3. The van der Waals surface area contributed by atoms with E-state index in [1.165, 1.54) is 12.1 Å². The molecular formula is C24H26N4O6S. The highest BCUT2D eigenvalue weighted by molar-refractivity contribution is 7.90. The van der Waals surface area contributed by atoms with Crippen molar-refractivity contribution < 1.29 is 27.5 Å². The van der Waals surface area contributed by atoms with Gasteiger partial charge in [0, 0.05) is 12.2 Å². The number of aryl methyl sites for hydroxylation is 2. The summed E-state index contributed by atoms with van der Waals surface area (Å²) in [5.41, 5.74) is 2.04. The first-order valence-electron chi connectivity index (χ1n) is 11.2. The number of rotatable bonds is 6. The second kappa shape index (κ2) is 9.14. The number of imide groups is 1. The van der Waals surface area contributed by atoms with Gasteiger partial charge >= 0.3 is 6.09 Å². The van der Waals surface area contributed by atoms with Crippen LogP contribution in [0.5, 0.6) is 0 Å². The van der Waals surface area contributed by atoms with Crippen LogP contribution >= 0.6 is 0 Å². The Morgan fingerprint density at radius 2 is 1.86 bits per heavy atom. The van der Waals surface area contributed by atoms with Gasteiger partial charge < -0.3 is 10.1 Å². The predicted octanol–water partition coefficient (Wildman–Crippen LogP) is 3.12. The first-order chi connectivity index (χ1) is 16.6. The van der Waals surface area contributed by atoms with Gasteiger partial charge in [-0.1, -0.05) is 31.2 Å². The van der Waals surface area contributed by atoms with Crippen LogP contribution in [-0.2, 0) is 24.3 Å². The van der Waals surface area contributed by atoms with E-state index in [2.05, 4.69) is 10.3 Å². The number of hydrogen-bond acceptors (Lipinski definition) is 7. The van der Waals surface area contributed by atoms with Gasteiger partial charge in [0.1, 0.15) is 4.90 Å². The van der Waals surface area contributed by atoms with E-state index in [1.807, 2.05) is 0 Å². The Hall–Kier alpha value is -3.73. The number of ether oxygens (including phenoxy) is 1. The van der Waals surface area contributed by atoms with Crippen molar-refractivity contribution in [2.45, 2.75) is 51.2 Å². The van der Waals surface area contributed by atoms with Gasteiger partial charge in [-0.15, -0.1) is 0 Å². The number of benzene rings is 2. The minimum Gasteiger partial charge on any atom is -0.436 e. The Kier molecular flexibility index (Phi) is 6.37. The lowest BCUT2D eigenvalue weighted by molar-refractivity contribution is -0.133. The first kappa shape index (κ1) is 24.4. The van der Waals surface area contributed by atoms with Gasteiger partial charge in [-0.25, -0.2) is 23.1 Å². The lowest BCUT2D eigenvalue weighted by atomic mass is 10.1. The topological polar surface area (TPSA) is 125 Å². The third kappa shape index (κ3) is 4.16. The molecule has 2 atom stereocenters. The van der Waals surface area contributed by atoms with Crippen molar-refractivity contribution in [2.75, 3.05) is 11.9 Å². The first-order valence-corrected chi connectivity index (χ1v) is 12.7. The fraction of sp³-hybridized carbons (Fsp3) is 0.333.